The van der Waals surface area contributed by atoms with Crippen molar-refractivity contribution >= 4 is 0 Å². The highest BCUT2D eigenvalue weighted by molar-refractivity contribution is 5.23. The van der Waals surface area contributed by atoms with Gasteiger partial charge < -0.3 is 19.7 Å². The molecule has 2 N–H and O–H groups in total. The normalized spacial score (nSPS) is 40.1. The van der Waals surface area contributed by atoms with E-state index < -0.39 is 11.9 Å². The van der Waals surface area contributed by atoms with Crippen LogP contribution in [-0.4, -0.2) is 41.4 Å². The monoisotopic (exact) mass is 240 g/mol. The molecule has 2 heterocycles. The number of ether oxygens (including phenoxy) is 2. The second-order valence-corrected chi connectivity index (χ2v) is 4.54. The van der Waals surface area contributed by atoms with Crippen molar-refractivity contribution in [1.82, 2.24) is 0 Å². The van der Waals surface area contributed by atoms with Crippen LogP contribution in [0, 0.1) is 0 Å². The predicted octanol–water partition coefficient (Wildman–Crippen LogP) is 1.14. The quantitative estimate of drug-likeness (QED) is 0.776. The summed E-state index contributed by atoms with van der Waals surface area (Å²) in [7, 11) is 0. The van der Waals surface area contributed by atoms with Crippen molar-refractivity contribution in [1.29, 1.82) is 0 Å². The Morgan fingerprint density at radius 3 is 3.00 bits per heavy atom. The molecule has 4 nitrogen and oxygen atoms in total. The molecule has 0 unspecified atom stereocenters. The molecule has 17 heavy (non-hydrogen) atoms. The second kappa shape index (κ2) is 5.31. The van der Waals surface area contributed by atoms with Gasteiger partial charge in [0.1, 0.15) is 6.10 Å². The van der Waals surface area contributed by atoms with Gasteiger partial charge >= 0.3 is 0 Å². The summed E-state index contributed by atoms with van der Waals surface area (Å²) in [5, 5.41) is 19.3. The van der Waals surface area contributed by atoms with E-state index in [2.05, 4.69) is 6.92 Å². The summed E-state index contributed by atoms with van der Waals surface area (Å²) in [6, 6.07) is 0. The molecule has 2 rings (SSSR count). The van der Waals surface area contributed by atoms with Crippen LogP contribution in [0.25, 0.3) is 0 Å². The smallest absolute Gasteiger partial charge is 0.199 e. The third-order valence-corrected chi connectivity index (χ3v) is 3.32. The van der Waals surface area contributed by atoms with Crippen LogP contribution in [0.5, 0.6) is 0 Å². The molecule has 3 atom stereocenters. The first-order valence-electron chi connectivity index (χ1n) is 6.18. The third-order valence-electron chi connectivity index (χ3n) is 3.32. The van der Waals surface area contributed by atoms with Gasteiger partial charge in [-0.1, -0.05) is 25.2 Å². The zero-order valence-corrected chi connectivity index (χ0v) is 10.1. The summed E-state index contributed by atoms with van der Waals surface area (Å²) in [4.78, 5) is 0. The first-order valence-corrected chi connectivity index (χ1v) is 6.18. The van der Waals surface area contributed by atoms with Crippen molar-refractivity contribution in [2.75, 3.05) is 13.2 Å². The maximum atomic E-state index is 10.2. The molecular formula is C13H20O4. The van der Waals surface area contributed by atoms with Crippen molar-refractivity contribution in [2.24, 2.45) is 0 Å². The summed E-state index contributed by atoms with van der Waals surface area (Å²) in [5.74, 6) is -0.917. The summed E-state index contributed by atoms with van der Waals surface area (Å²) >= 11 is 0. The highest BCUT2D eigenvalue weighted by Crippen LogP contribution is 2.41. The minimum atomic E-state index is -0.917. The summed E-state index contributed by atoms with van der Waals surface area (Å²) in [6.07, 6.45) is 7.24. The average Bonchev–Trinajstić information content (AvgIpc) is 2.89. The standard InChI is InChI=1S/C13H20O4/c1-2-3-4-5-10-9-16-13(12(10)15)7-6-11(8-14)17-13/h3-5,11-12,14-15H,2,6-9H2,1H3/b4-3+,10-5-/t11-,12-,13-/m0/s1. The average molecular weight is 240 g/mol. The van der Waals surface area contributed by atoms with E-state index >= 15 is 0 Å². The Kier molecular flexibility index (Phi) is 3.99. The fraction of sp³-hybridized carbons (Fsp3) is 0.692. The SMILES string of the molecule is CC/C=C/C=C1/CO[C@]2(CC[C@@H](CO)O2)[C@H]1O. The van der Waals surface area contributed by atoms with E-state index in [0.717, 1.165) is 18.4 Å². The van der Waals surface area contributed by atoms with E-state index in [0.29, 0.717) is 13.0 Å². The van der Waals surface area contributed by atoms with Crippen molar-refractivity contribution in [3.8, 4) is 0 Å². The van der Waals surface area contributed by atoms with Crippen LogP contribution in [0.2, 0.25) is 0 Å². The molecule has 0 amide bonds. The van der Waals surface area contributed by atoms with Crippen LogP contribution in [0.4, 0.5) is 0 Å². The lowest BCUT2D eigenvalue weighted by molar-refractivity contribution is -0.237. The zero-order chi connectivity index (χ0) is 12.3. The number of allylic oxidation sites excluding steroid dienone is 3. The fourth-order valence-corrected chi connectivity index (χ4v) is 2.31. The van der Waals surface area contributed by atoms with Gasteiger partial charge in [0.05, 0.1) is 19.3 Å². The molecule has 0 aromatic rings. The predicted molar refractivity (Wildman–Crippen MR) is 63.4 cm³/mol. The van der Waals surface area contributed by atoms with E-state index in [4.69, 9.17) is 14.6 Å². The van der Waals surface area contributed by atoms with Crippen LogP contribution in [0.3, 0.4) is 0 Å². The Balaban J connectivity index is 2.05. The molecule has 0 aromatic heterocycles. The lowest BCUT2D eigenvalue weighted by Gasteiger charge is -2.26. The van der Waals surface area contributed by atoms with E-state index in [1.807, 2.05) is 18.2 Å². The van der Waals surface area contributed by atoms with Crippen molar-refractivity contribution < 1.29 is 19.7 Å². The first-order chi connectivity index (χ1) is 8.22. The molecule has 1 spiro atoms. The Labute approximate surface area is 102 Å². The summed E-state index contributed by atoms with van der Waals surface area (Å²) in [5.41, 5.74) is 0.841. The van der Waals surface area contributed by atoms with Gasteiger partial charge in [0.15, 0.2) is 5.79 Å². The van der Waals surface area contributed by atoms with Crippen molar-refractivity contribution in [3.05, 3.63) is 23.8 Å². The van der Waals surface area contributed by atoms with Crippen LogP contribution >= 0.6 is 0 Å². The minimum Gasteiger partial charge on any atom is -0.394 e. The highest BCUT2D eigenvalue weighted by Gasteiger charge is 2.52. The zero-order valence-electron chi connectivity index (χ0n) is 10.1. The minimum absolute atomic E-state index is 0.0212. The maximum absolute atomic E-state index is 10.2. The molecule has 0 saturated carbocycles. The lowest BCUT2D eigenvalue weighted by Crippen LogP contribution is -2.40. The molecule has 96 valence electrons. The van der Waals surface area contributed by atoms with Crippen molar-refractivity contribution in [3.63, 3.8) is 0 Å². The Hall–Kier alpha value is -0.680. The number of hydrogen-bond acceptors (Lipinski definition) is 4. The molecule has 0 aliphatic carbocycles. The fourth-order valence-electron chi connectivity index (χ4n) is 2.31. The van der Waals surface area contributed by atoms with E-state index in [9.17, 15) is 5.11 Å². The molecule has 0 aromatic carbocycles. The lowest BCUT2D eigenvalue weighted by atomic mass is 10.0. The Morgan fingerprint density at radius 2 is 2.35 bits per heavy atom. The van der Waals surface area contributed by atoms with E-state index in [1.54, 1.807) is 0 Å². The van der Waals surface area contributed by atoms with Crippen molar-refractivity contribution in [2.45, 2.75) is 44.2 Å². The van der Waals surface area contributed by atoms with E-state index in [1.165, 1.54) is 0 Å². The van der Waals surface area contributed by atoms with Gasteiger partial charge in [-0.05, 0) is 18.4 Å². The molecule has 2 aliphatic rings. The number of aliphatic hydroxyl groups excluding tert-OH is 2. The van der Waals surface area contributed by atoms with Crippen LogP contribution in [0.15, 0.2) is 23.8 Å². The van der Waals surface area contributed by atoms with Gasteiger partial charge in [-0.25, -0.2) is 0 Å². The summed E-state index contributed by atoms with van der Waals surface area (Å²) < 4.78 is 11.2. The largest absolute Gasteiger partial charge is 0.394 e. The number of rotatable bonds is 3. The Morgan fingerprint density at radius 1 is 1.53 bits per heavy atom. The van der Waals surface area contributed by atoms with Crippen LogP contribution in [0.1, 0.15) is 26.2 Å². The molecule has 0 bridgehead atoms. The molecule has 2 saturated heterocycles. The van der Waals surface area contributed by atoms with Gasteiger partial charge in [-0.2, -0.15) is 0 Å². The van der Waals surface area contributed by atoms with Crippen LogP contribution < -0.4 is 0 Å². The highest BCUT2D eigenvalue weighted by atomic mass is 16.7. The van der Waals surface area contributed by atoms with Gasteiger partial charge in [0.2, 0.25) is 0 Å². The van der Waals surface area contributed by atoms with Crippen LogP contribution in [-0.2, 0) is 9.47 Å². The van der Waals surface area contributed by atoms with Gasteiger partial charge in [-0.15, -0.1) is 0 Å². The van der Waals surface area contributed by atoms with Gasteiger partial charge in [0, 0.05) is 6.42 Å². The topological polar surface area (TPSA) is 58.9 Å². The molecule has 2 fully saturated rings. The molecule has 4 heteroatoms. The molecular weight excluding hydrogens is 220 g/mol. The number of hydrogen-bond donors (Lipinski definition) is 2. The first kappa shape index (κ1) is 12.8. The van der Waals surface area contributed by atoms with Gasteiger partial charge in [0.25, 0.3) is 0 Å². The van der Waals surface area contributed by atoms with E-state index in [-0.39, 0.29) is 12.7 Å². The van der Waals surface area contributed by atoms with Gasteiger partial charge in [-0.3, -0.25) is 0 Å². The summed E-state index contributed by atoms with van der Waals surface area (Å²) in [6.45, 7) is 2.43. The molecule has 0 radical (unpaired) electrons. The maximum Gasteiger partial charge on any atom is 0.199 e. The Bertz CT molecular complexity index is 323. The second-order valence-electron chi connectivity index (χ2n) is 4.54. The third kappa shape index (κ3) is 2.45. The molecule has 2 aliphatic heterocycles. The number of aliphatic hydroxyl groups is 2.